The second-order valence-corrected chi connectivity index (χ2v) is 12.2. The van der Waals surface area contributed by atoms with Gasteiger partial charge >= 0.3 is 0 Å². The van der Waals surface area contributed by atoms with Crippen LogP contribution >= 0.6 is 0 Å². The number of benzene rings is 8. The summed E-state index contributed by atoms with van der Waals surface area (Å²) in [6.45, 7) is 0. The van der Waals surface area contributed by atoms with E-state index >= 15 is 0 Å². The lowest BCUT2D eigenvalue weighted by atomic mass is 9.98. The summed E-state index contributed by atoms with van der Waals surface area (Å²) >= 11 is 0. The van der Waals surface area contributed by atoms with Crippen LogP contribution in [0, 0.1) is 0 Å². The lowest BCUT2D eigenvalue weighted by Crippen LogP contribution is -1.94. The van der Waals surface area contributed by atoms with Crippen molar-refractivity contribution < 1.29 is 0 Å². The highest BCUT2D eigenvalue weighted by molar-refractivity contribution is 6.19. The fourth-order valence-corrected chi connectivity index (χ4v) is 7.55. The van der Waals surface area contributed by atoms with E-state index in [9.17, 15) is 0 Å². The minimum atomic E-state index is 1.17. The van der Waals surface area contributed by atoms with Gasteiger partial charge in [-0.05, 0) is 81.9 Å². The van der Waals surface area contributed by atoms with Crippen molar-refractivity contribution in [3.8, 4) is 22.5 Å². The number of hydrogen-bond donors (Lipinski definition) is 0. The highest BCUT2D eigenvalue weighted by atomic mass is 15.0. The number of aromatic nitrogens is 2. The van der Waals surface area contributed by atoms with Crippen LogP contribution in [0.4, 0.5) is 0 Å². The van der Waals surface area contributed by atoms with Gasteiger partial charge in [-0.25, -0.2) is 0 Å². The van der Waals surface area contributed by atoms with E-state index in [1.54, 1.807) is 0 Å². The van der Waals surface area contributed by atoms with Gasteiger partial charge in [0, 0.05) is 38.3 Å². The maximum atomic E-state index is 2.44. The van der Waals surface area contributed by atoms with Crippen LogP contribution in [0.5, 0.6) is 0 Å². The molecule has 0 aliphatic carbocycles. The van der Waals surface area contributed by atoms with Crippen molar-refractivity contribution in [2.24, 2.45) is 0 Å². The predicted molar refractivity (Wildman–Crippen MR) is 196 cm³/mol. The van der Waals surface area contributed by atoms with Gasteiger partial charge in [-0.2, -0.15) is 0 Å². The SMILES string of the molecule is c1ccc(-n2c3ccccc3c3cc4ccc(-c5ccc6c7ccc8ccccc8c7n(-c7ccccc7)c6c5)cc4cc32)cc1. The zero-order valence-electron chi connectivity index (χ0n) is 25.1. The zero-order chi connectivity index (χ0) is 30.2. The molecule has 214 valence electrons. The summed E-state index contributed by atoms with van der Waals surface area (Å²) in [6.07, 6.45) is 0. The summed E-state index contributed by atoms with van der Waals surface area (Å²) in [5.74, 6) is 0. The quantitative estimate of drug-likeness (QED) is 0.195. The average molecular weight is 585 g/mol. The van der Waals surface area contributed by atoms with Crippen LogP contribution in [-0.4, -0.2) is 9.13 Å². The van der Waals surface area contributed by atoms with E-state index in [-0.39, 0.29) is 0 Å². The molecule has 0 aliphatic heterocycles. The number of hydrogen-bond acceptors (Lipinski definition) is 0. The lowest BCUT2D eigenvalue weighted by Gasteiger charge is -2.11. The molecule has 2 nitrogen and oxygen atoms in total. The predicted octanol–water partition coefficient (Wildman–Crippen LogP) is 11.9. The van der Waals surface area contributed by atoms with Crippen LogP contribution in [0.25, 0.3) is 87.7 Å². The molecule has 0 saturated heterocycles. The number of fused-ring (bicyclic) bond motifs is 9. The van der Waals surface area contributed by atoms with Crippen LogP contribution in [0.3, 0.4) is 0 Å². The summed E-state index contributed by atoms with van der Waals surface area (Å²) in [7, 11) is 0. The van der Waals surface area contributed by atoms with Crippen LogP contribution in [-0.2, 0) is 0 Å². The summed E-state index contributed by atoms with van der Waals surface area (Å²) in [6, 6.07) is 62.0. The Bertz CT molecular complexity index is 2780. The van der Waals surface area contributed by atoms with Gasteiger partial charge in [0.15, 0.2) is 0 Å². The van der Waals surface area contributed by atoms with E-state index < -0.39 is 0 Å². The first-order valence-electron chi connectivity index (χ1n) is 15.9. The first-order chi connectivity index (χ1) is 22.8. The normalized spacial score (nSPS) is 11.9. The van der Waals surface area contributed by atoms with Crippen molar-refractivity contribution in [3.05, 3.63) is 170 Å². The van der Waals surface area contributed by atoms with Crippen molar-refractivity contribution in [1.29, 1.82) is 0 Å². The van der Waals surface area contributed by atoms with Gasteiger partial charge < -0.3 is 9.13 Å². The average Bonchev–Trinajstić information content (AvgIpc) is 3.63. The number of para-hydroxylation sites is 3. The molecule has 0 spiro atoms. The van der Waals surface area contributed by atoms with Gasteiger partial charge in [-0.1, -0.05) is 115 Å². The first kappa shape index (κ1) is 25.2. The van der Waals surface area contributed by atoms with Crippen LogP contribution in [0.15, 0.2) is 170 Å². The number of rotatable bonds is 3. The first-order valence-corrected chi connectivity index (χ1v) is 15.9. The summed E-state index contributed by atoms with van der Waals surface area (Å²) in [5.41, 5.74) is 9.70. The number of nitrogens with zero attached hydrogens (tertiary/aromatic N) is 2. The van der Waals surface area contributed by atoms with E-state index in [0.717, 1.165) is 0 Å². The van der Waals surface area contributed by atoms with E-state index in [1.165, 1.54) is 87.7 Å². The smallest absolute Gasteiger partial charge is 0.0619 e. The Morgan fingerprint density at radius 2 is 0.870 bits per heavy atom. The molecule has 2 heterocycles. The minimum Gasteiger partial charge on any atom is -0.309 e. The Morgan fingerprint density at radius 3 is 1.70 bits per heavy atom. The van der Waals surface area contributed by atoms with Gasteiger partial charge in [0.1, 0.15) is 0 Å². The van der Waals surface area contributed by atoms with E-state index in [2.05, 4.69) is 179 Å². The van der Waals surface area contributed by atoms with Crippen LogP contribution < -0.4 is 0 Å². The third kappa shape index (κ3) is 3.65. The van der Waals surface area contributed by atoms with E-state index in [4.69, 9.17) is 0 Å². The Labute approximate surface area is 266 Å². The molecule has 10 aromatic rings. The molecule has 0 unspecified atom stereocenters. The van der Waals surface area contributed by atoms with E-state index in [1.807, 2.05) is 0 Å². The molecule has 0 bridgehead atoms. The summed E-state index contributed by atoms with van der Waals surface area (Å²) in [5, 5.41) is 10.1. The molecule has 0 radical (unpaired) electrons. The monoisotopic (exact) mass is 584 g/mol. The minimum absolute atomic E-state index is 1.17. The highest BCUT2D eigenvalue weighted by Crippen LogP contribution is 2.40. The van der Waals surface area contributed by atoms with Crippen LogP contribution in [0.2, 0.25) is 0 Å². The molecule has 2 aromatic heterocycles. The zero-order valence-corrected chi connectivity index (χ0v) is 25.1. The Balaban J connectivity index is 1.22. The molecular weight excluding hydrogens is 556 g/mol. The lowest BCUT2D eigenvalue weighted by molar-refractivity contribution is 1.18. The Hall–Kier alpha value is -6.12. The highest BCUT2D eigenvalue weighted by Gasteiger charge is 2.17. The standard InChI is InChI=1S/C44H28N2/c1-3-12-34(13-4-1)45-41-18-10-9-17-37(41)40-26-31-20-19-30(25-33(31)28-43(40)45)32-22-23-38-39-24-21-29-11-7-8-16-36(29)44(39)46(42(38)27-32)35-14-5-2-6-15-35/h1-28H. The molecular formula is C44H28N2. The van der Waals surface area contributed by atoms with Gasteiger partial charge in [0.05, 0.1) is 22.1 Å². The molecule has 46 heavy (non-hydrogen) atoms. The van der Waals surface area contributed by atoms with Crippen molar-refractivity contribution in [3.63, 3.8) is 0 Å². The maximum Gasteiger partial charge on any atom is 0.0619 e. The molecule has 0 amide bonds. The fourth-order valence-electron chi connectivity index (χ4n) is 7.55. The molecule has 8 aromatic carbocycles. The van der Waals surface area contributed by atoms with Crippen molar-refractivity contribution in [2.75, 3.05) is 0 Å². The third-order valence-corrected chi connectivity index (χ3v) is 9.65. The molecule has 0 saturated carbocycles. The molecule has 2 heteroatoms. The second-order valence-electron chi connectivity index (χ2n) is 12.2. The fraction of sp³-hybridized carbons (Fsp3) is 0. The molecule has 10 rings (SSSR count). The summed E-state index contributed by atoms with van der Waals surface area (Å²) in [4.78, 5) is 0. The van der Waals surface area contributed by atoms with Crippen molar-refractivity contribution in [1.82, 2.24) is 9.13 Å². The Kier molecular flexibility index (Phi) is 5.31. The van der Waals surface area contributed by atoms with Crippen molar-refractivity contribution in [2.45, 2.75) is 0 Å². The van der Waals surface area contributed by atoms with Gasteiger partial charge in [0.25, 0.3) is 0 Å². The topological polar surface area (TPSA) is 9.86 Å². The second kappa shape index (κ2) is 9.69. The van der Waals surface area contributed by atoms with Gasteiger partial charge in [-0.3, -0.25) is 0 Å². The Morgan fingerprint density at radius 1 is 0.283 bits per heavy atom. The molecule has 0 aliphatic rings. The van der Waals surface area contributed by atoms with E-state index in [0.29, 0.717) is 0 Å². The summed E-state index contributed by atoms with van der Waals surface area (Å²) < 4.78 is 4.84. The largest absolute Gasteiger partial charge is 0.309 e. The third-order valence-electron chi connectivity index (χ3n) is 9.65. The molecule has 0 atom stereocenters. The molecule has 0 fully saturated rings. The van der Waals surface area contributed by atoms with Gasteiger partial charge in [-0.15, -0.1) is 0 Å². The maximum absolute atomic E-state index is 2.44. The van der Waals surface area contributed by atoms with Crippen LogP contribution in [0.1, 0.15) is 0 Å². The van der Waals surface area contributed by atoms with Gasteiger partial charge in [0.2, 0.25) is 0 Å². The molecule has 0 N–H and O–H groups in total. The van der Waals surface area contributed by atoms with Crippen molar-refractivity contribution >= 4 is 65.2 Å².